The van der Waals surface area contributed by atoms with Crippen molar-refractivity contribution in [2.24, 2.45) is 5.92 Å². The molecule has 1 atom stereocenters. The minimum Gasteiger partial charge on any atom is -0.317 e. The molecule has 1 heterocycles. The summed E-state index contributed by atoms with van der Waals surface area (Å²) in [5.41, 5.74) is 0. The van der Waals surface area contributed by atoms with Crippen molar-refractivity contribution in [1.82, 2.24) is 14.3 Å². The van der Waals surface area contributed by atoms with Crippen LogP contribution < -0.4 is 10.0 Å². The van der Waals surface area contributed by atoms with E-state index in [-0.39, 0.29) is 6.04 Å². The summed E-state index contributed by atoms with van der Waals surface area (Å²) in [6, 6.07) is 0.00790. The van der Waals surface area contributed by atoms with Gasteiger partial charge in [-0.25, -0.2) is 0 Å². The van der Waals surface area contributed by atoms with E-state index in [0.29, 0.717) is 19.0 Å². The third-order valence-electron chi connectivity index (χ3n) is 3.85. The number of rotatable bonds is 10. The second kappa shape index (κ2) is 10.0. The Labute approximate surface area is 134 Å². The topological polar surface area (TPSA) is 61.4 Å². The molecule has 5 nitrogen and oxygen atoms in total. The van der Waals surface area contributed by atoms with Crippen LogP contribution in [0.15, 0.2) is 0 Å². The van der Waals surface area contributed by atoms with Gasteiger partial charge in [-0.1, -0.05) is 13.8 Å². The summed E-state index contributed by atoms with van der Waals surface area (Å²) >= 11 is 1.85. The van der Waals surface area contributed by atoms with Crippen LogP contribution in [-0.2, 0) is 10.2 Å². The number of piperidine rings is 1. The summed E-state index contributed by atoms with van der Waals surface area (Å²) in [6.45, 7) is 9.43. The van der Waals surface area contributed by atoms with Gasteiger partial charge in [0, 0.05) is 19.1 Å². The third-order valence-corrected chi connectivity index (χ3v) is 6.52. The lowest BCUT2D eigenvalue weighted by atomic mass is 9.98. The molecule has 0 bridgehead atoms. The first-order valence-corrected chi connectivity index (χ1v) is 10.6. The molecule has 2 N–H and O–H groups in total. The fraction of sp³-hybridized carbons (Fsp3) is 1.00. The molecule has 21 heavy (non-hydrogen) atoms. The quantitative estimate of drug-likeness (QED) is 0.595. The van der Waals surface area contributed by atoms with E-state index in [4.69, 9.17) is 0 Å². The highest BCUT2D eigenvalue weighted by Gasteiger charge is 2.28. The van der Waals surface area contributed by atoms with E-state index in [0.717, 1.165) is 43.9 Å². The highest BCUT2D eigenvalue weighted by atomic mass is 32.2. The number of hydrogen-bond donors (Lipinski definition) is 2. The largest absolute Gasteiger partial charge is 0.317 e. The van der Waals surface area contributed by atoms with Crippen LogP contribution in [-0.4, -0.2) is 56.4 Å². The summed E-state index contributed by atoms with van der Waals surface area (Å²) in [6.07, 6.45) is 2.79. The molecule has 1 aliphatic heterocycles. The fourth-order valence-electron chi connectivity index (χ4n) is 2.49. The molecule has 0 amide bonds. The minimum absolute atomic E-state index is 0.00790. The van der Waals surface area contributed by atoms with E-state index in [1.54, 1.807) is 4.31 Å². The van der Waals surface area contributed by atoms with Gasteiger partial charge in [0.2, 0.25) is 0 Å². The molecule has 1 rings (SSSR count). The molecule has 0 aliphatic carbocycles. The lowest BCUT2D eigenvalue weighted by Crippen LogP contribution is -2.48. The van der Waals surface area contributed by atoms with Crippen LogP contribution in [0.4, 0.5) is 0 Å². The summed E-state index contributed by atoms with van der Waals surface area (Å²) in [4.78, 5) is 0. The lowest BCUT2D eigenvalue weighted by molar-refractivity contribution is 0.265. The second-order valence-corrected chi connectivity index (χ2v) is 8.76. The van der Waals surface area contributed by atoms with Gasteiger partial charge >= 0.3 is 0 Å². The Balaban J connectivity index is 2.35. The average molecular weight is 338 g/mol. The van der Waals surface area contributed by atoms with Crippen LogP contribution in [0.25, 0.3) is 0 Å². The fourth-order valence-corrected chi connectivity index (χ4v) is 4.77. The van der Waals surface area contributed by atoms with Crippen molar-refractivity contribution in [3.05, 3.63) is 0 Å². The first-order valence-electron chi connectivity index (χ1n) is 8.05. The molecule has 0 aromatic carbocycles. The zero-order valence-electron chi connectivity index (χ0n) is 13.6. The second-order valence-electron chi connectivity index (χ2n) is 5.66. The maximum Gasteiger partial charge on any atom is 0.279 e. The maximum atomic E-state index is 12.3. The third kappa shape index (κ3) is 7.32. The Bertz CT molecular complexity index is 368. The molecular formula is C14H31N3O2S2. The number of nitrogens with one attached hydrogen (secondary N) is 2. The van der Waals surface area contributed by atoms with Crippen molar-refractivity contribution in [3.63, 3.8) is 0 Å². The summed E-state index contributed by atoms with van der Waals surface area (Å²) in [5.74, 6) is 2.69. The molecular weight excluding hydrogens is 306 g/mol. The van der Waals surface area contributed by atoms with E-state index in [1.807, 2.05) is 18.7 Å². The Kier molecular flexibility index (Phi) is 9.20. The molecule has 0 spiro atoms. The van der Waals surface area contributed by atoms with Crippen molar-refractivity contribution in [2.45, 2.75) is 46.1 Å². The van der Waals surface area contributed by atoms with Gasteiger partial charge in [-0.3, -0.25) is 0 Å². The SMILES string of the molecule is CCNCC1CCN(S(=O)(=O)NC(C)CCSCC)CC1. The van der Waals surface area contributed by atoms with E-state index >= 15 is 0 Å². The minimum atomic E-state index is -3.31. The number of hydrogen-bond acceptors (Lipinski definition) is 4. The predicted molar refractivity (Wildman–Crippen MR) is 92.0 cm³/mol. The zero-order chi connectivity index (χ0) is 15.7. The molecule has 0 radical (unpaired) electrons. The first-order chi connectivity index (χ1) is 9.99. The molecule has 7 heteroatoms. The molecule has 0 saturated carbocycles. The molecule has 1 aliphatic rings. The monoisotopic (exact) mass is 337 g/mol. The van der Waals surface area contributed by atoms with Gasteiger partial charge in [0.1, 0.15) is 0 Å². The zero-order valence-corrected chi connectivity index (χ0v) is 15.2. The Morgan fingerprint density at radius 2 is 1.95 bits per heavy atom. The highest BCUT2D eigenvalue weighted by Crippen LogP contribution is 2.18. The summed E-state index contributed by atoms with van der Waals surface area (Å²) in [7, 11) is -3.31. The van der Waals surface area contributed by atoms with Crippen LogP contribution in [0.3, 0.4) is 0 Å². The Hall–Kier alpha value is 0.180. The number of nitrogens with zero attached hydrogens (tertiary/aromatic N) is 1. The molecule has 1 saturated heterocycles. The van der Waals surface area contributed by atoms with Crippen LogP contribution in [0.5, 0.6) is 0 Å². The van der Waals surface area contributed by atoms with Crippen LogP contribution in [0, 0.1) is 5.92 Å². The smallest absolute Gasteiger partial charge is 0.279 e. The van der Waals surface area contributed by atoms with Gasteiger partial charge < -0.3 is 5.32 Å². The van der Waals surface area contributed by atoms with Crippen LogP contribution in [0.1, 0.15) is 40.0 Å². The highest BCUT2D eigenvalue weighted by molar-refractivity contribution is 7.99. The maximum absolute atomic E-state index is 12.3. The van der Waals surface area contributed by atoms with Crippen molar-refractivity contribution in [3.8, 4) is 0 Å². The van der Waals surface area contributed by atoms with Crippen molar-refractivity contribution in [1.29, 1.82) is 0 Å². The van der Waals surface area contributed by atoms with Crippen LogP contribution >= 0.6 is 11.8 Å². The molecule has 0 aromatic heterocycles. The van der Waals surface area contributed by atoms with E-state index < -0.39 is 10.2 Å². The Morgan fingerprint density at radius 3 is 2.52 bits per heavy atom. The van der Waals surface area contributed by atoms with Gasteiger partial charge in [0.15, 0.2) is 0 Å². The van der Waals surface area contributed by atoms with Gasteiger partial charge in [-0.2, -0.15) is 29.2 Å². The predicted octanol–water partition coefficient (Wildman–Crippen LogP) is 1.67. The van der Waals surface area contributed by atoms with E-state index in [9.17, 15) is 8.42 Å². The van der Waals surface area contributed by atoms with Crippen molar-refractivity contribution >= 4 is 22.0 Å². The van der Waals surface area contributed by atoms with Gasteiger partial charge in [0.25, 0.3) is 10.2 Å². The first kappa shape index (κ1) is 19.2. The normalized spacial score (nSPS) is 19.8. The van der Waals surface area contributed by atoms with E-state index in [1.165, 1.54) is 0 Å². The van der Waals surface area contributed by atoms with Gasteiger partial charge in [-0.05, 0) is 56.7 Å². The summed E-state index contributed by atoms with van der Waals surface area (Å²) < 4.78 is 29.1. The number of thioether (sulfide) groups is 1. The van der Waals surface area contributed by atoms with Crippen molar-refractivity contribution in [2.75, 3.05) is 37.7 Å². The van der Waals surface area contributed by atoms with Crippen molar-refractivity contribution < 1.29 is 8.42 Å². The molecule has 1 fully saturated rings. The molecule has 1 unspecified atom stereocenters. The van der Waals surface area contributed by atoms with Gasteiger partial charge in [0.05, 0.1) is 0 Å². The summed E-state index contributed by atoms with van der Waals surface area (Å²) in [5, 5.41) is 3.35. The molecule has 126 valence electrons. The van der Waals surface area contributed by atoms with Crippen LogP contribution in [0.2, 0.25) is 0 Å². The lowest BCUT2D eigenvalue weighted by Gasteiger charge is -2.32. The molecule has 0 aromatic rings. The van der Waals surface area contributed by atoms with Gasteiger partial charge in [-0.15, -0.1) is 0 Å². The van der Waals surface area contributed by atoms with E-state index in [2.05, 4.69) is 23.9 Å². The Morgan fingerprint density at radius 1 is 1.29 bits per heavy atom. The standard InChI is InChI=1S/C14H31N3O2S2/c1-4-15-12-14-6-9-17(10-7-14)21(18,19)16-13(3)8-11-20-5-2/h13-16H,4-12H2,1-3H3. The average Bonchev–Trinajstić information content (AvgIpc) is 2.45.